The summed E-state index contributed by atoms with van der Waals surface area (Å²) >= 11 is 0. The van der Waals surface area contributed by atoms with Crippen LogP contribution in [-0.4, -0.2) is 10.7 Å². The first-order chi connectivity index (χ1) is 5.12. The van der Waals surface area contributed by atoms with Crippen LogP contribution in [0.25, 0.3) is 0 Å². The predicted molar refractivity (Wildman–Crippen MR) is 46.3 cm³/mol. The van der Waals surface area contributed by atoms with Gasteiger partial charge in [0.05, 0.1) is 0 Å². The summed E-state index contributed by atoms with van der Waals surface area (Å²) in [5, 5.41) is 9.38. The van der Waals surface area contributed by atoms with Crippen molar-refractivity contribution in [1.29, 1.82) is 0 Å². The first-order valence-corrected chi connectivity index (χ1v) is 3.96. The monoisotopic (exact) mass is 175 g/mol. The normalized spacial score (nSPS) is 20.8. The van der Waals surface area contributed by atoms with Gasteiger partial charge < -0.3 is 4.84 Å². The molecule has 0 aliphatic heterocycles. The minimum Gasteiger partial charge on any atom is -0.308 e. The summed E-state index contributed by atoms with van der Waals surface area (Å²) in [5.41, 5.74) is -0.498. The second-order valence-electron chi connectivity index (χ2n) is 3.33. The van der Waals surface area contributed by atoms with Gasteiger partial charge >= 0.3 is 0 Å². The zero-order valence-corrected chi connectivity index (χ0v) is 6.71. The highest BCUT2D eigenvalue weighted by atomic mass is 17.0. The first-order valence-electron chi connectivity index (χ1n) is 3.96. The second kappa shape index (κ2) is 4.28. The lowest BCUT2D eigenvalue weighted by atomic mass is 9.87. The zero-order chi connectivity index (χ0) is 8.32. The molecule has 4 nitrogen and oxygen atoms in total. The predicted octanol–water partition coefficient (Wildman–Crippen LogP) is 2.55. The van der Waals surface area contributed by atoms with E-state index < -0.39 is 10.7 Å². The number of hydrogen-bond donors (Lipinski definition) is 0. The van der Waals surface area contributed by atoms with Crippen molar-refractivity contribution < 1.29 is 9.92 Å². The molecule has 0 radical (unpaired) electrons. The topological polar surface area (TPSA) is 52.4 Å². The molecule has 0 spiro atoms. The molecule has 1 aliphatic carbocycles. The maximum Gasteiger partial charge on any atom is 0.295 e. The van der Waals surface area contributed by atoms with Gasteiger partial charge in [0, 0.05) is 0 Å². The summed E-state index contributed by atoms with van der Waals surface area (Å²) in [6.45, 7) is 1.81. The third kappa shape index (κ3) is 3.07. The van der Waals surface area contributed by atoms with Gasteiger partial charge in [-0.3, -0.25) is 0 Å². The van der Waals surface area contributed by atoms with Gasteiger partial charge in [0.2, 0.25) is 0 Å². The molecule has 72 valence electrons. The summed E-state index contributed by atoms with van der Waals surface area (Å²) in [7, 11) is 0. The Morgan fingerprint density at radius 2 is 1.83 bits per heavy atom. The highest BCUT2D eigenvalue weighted by molar-refractivity contribution is 4.77. The van der Waals surface area contributed by atoms with Crippen LogP contribution in [-0.2, 0) is 4.84 Å². The molecule has 0 aromatic carbocycles. The number of hydrogen-bond acceptors (Lipinski definition) is 3. The molecule has 0 aromatic rings. The van der Waals surface area contributed by atoms with Crippen LogP contribution in [0.5, 0.6) is 0 Å². The third-order valence-corrected chi connectivity index (χ3v) is 2.21. The fraction of sp³-hybridized carbons (Fsp3) is 1.00. The van der Waals surface area contributed by atoms with Gasteiger partial charge in [-0.05, 0) is 19.8 Å². The fourth-order valence-electron chi connectivity index (χ4n) is 1.57. The van der Waals surface area contributed by atoms with Gasteiger partial charge in [-0.15, -0.1) is 10.1 Å². The highest BCUT2D eigenvalue weighted by Crippen LogP contribution is 2.30. The van der Waals surface area contributed by atoms with Crippen molar-refractivity contribution in [3.05, 3.63) is 10.1 Å². The summed E-state index contributed by atoms with van der Waals surface area (Å²) in [6, 6.07) is 0. The van der Waals surface area contributed by atoms with Crippen molar-refractivity contribution in [2.24, 2.45) is 0 Å². The van der Waals surface area contributed by atoms with Crippen molar-refractivity contribution in [1.82, 2.24) is 0 Å². The molecule has 0 saturated heterocycles. The van der Waals surface area contributed by atoms with Crippen LogP contribution in [0.15, 0.2) is 0 Å². The van der Waals surface area contributed by atoms with Crippen LogP contribution in [0, 0.1) is 10.1 Å². The third-order valence-electron chi connectivity index (χ3n) is 2.21. The van der Waals surface area contributed by atoms with E-state index in [2.05, 4.69) is 4.84 Å². The Kier molecular flexibility index (Phi) is 4.00. The highest BCUT2D eigenvalue weighted by Gasteiger charge is 2.30. The quantitative estimate of drug-likeness (QED) is 0.478. The molecule has 0 N–H and O–H groups in total. The van der Waals surface area contributed by atoms with E-state index in [0.29, 0.717) is 0 Å². The Hall–Kier alpha value is -0.800. The van der Waals surface area contributed by atoms with Gasteiger partial charge in [0.1, 0.15) is 5.60 Å². The van der Waals surface area contributed by atoms with Crippen molar-refractivity contribution in [2.75, 3.05) is 0 Å². The molecule has 1 aliphatic rings. The SMILES string of the molecule is C.CC1(O[N+](=O)[O-])CCCCC1. The zero-order valence-electron chi connectivity index (χ0n) is 6.71. The van der Waals surface area contributed by atoms with Crippen molar-refractivity contribution in [3.8, 4) is 0 Å². The summed E-state index contributed by atoms with van der Waals surface area (Å²) in [5.74, 6) is 0. The fourth-order valence-corrected chi connectivity index (χ4v) is 1.57. The van der Waals surface area contributed by atoms with Gasteiger partial charge in [-0.25, -0.2) is 0 Å². The van der Waals surface area contributed by atoms with Crippen molar-refractivity contribution in [3.63, 3.8) is 0 Å². The lowest BCUT2D eigenvalue weighted by Crippen LogP contribution is -2.33. The molecule has 4 heteroatoms. The molecule has 1 fully saturated rings. The summed E-state index contributed by atoms with van der Waals surface area (Å²) < 4.78 is 0. The molecule has 0 heterocycles. The van der Waals surface area contributed by atoms with E-state index in [4.69, 9.17) is 0 Å². The average molecular weight is 175 g/mol. The number of nitrogens with zero attached hydrogens (tertiary/aromatic N) is 1. The standard InChI is InChI=1S/C7H13NO3.CH4/c1-7(11-8(9)10)5-3-2-4-6-7;/h2-6H2,1H3;1H4. The van der Waals surface area contributed by atoms with Gasteiger partial charge in [0.25, 0.3) is 5.09 Å². The molecular weight excluding hydrogens is 158 g/mol. The Balaban J connectivity index is 0.00000121. The van der Waals surface area contributed by atoms with Crippen LogP contribution in [0.4, 0.5) is 0 Å². The van der Waals surface area contributed by atoms with Crippen LogP contribution in [0.3, 0.4) is 0 Å². The maximum absolute atomic E-state index is 10.1. The molecular formula is C8H17NO3. The minimum atomic E-state index is -0.675. The Morgan fingerprint density at radius 1 is 1.33 bits per heavy atom. The van der Waals surface area contributed by atoms with Crippen LogP contribution in [0.1, 0.15) is 46.5 Å². The second-order valence-corrected chi connectivity index (χ2v) is 3.33. The summed E-state index contributed by atoms with van der Waals surface area (Å²) in [6.07, 6.45) is 4.90. The Labute approximate surface area is 73.0 Å². The van der Waals surface area contributed by atoms with E-state index in [0.717, 1.165) is 25.7 Å². The van der Waals surface area contributed by atoms with E-state index in [1.54, 1.807) is 0 Å². The van der Waals surface area contributed by atoms with Crippen LogP contribution < -0.4 is 0 Å². The van der Waals surface area contributed by atoms with Crippen LogP contribution >= 0.6 is 0 Å². The van der Waals surface area contributed by atoms with E-state index in [1.807, 2.05) is 6.92 Å². The van der Waals surface area contributed by atoms with Crippen molar-refractivity contribution >= 4 is 0 Å². The lowest BCUT2D eigenvalue weighted by molar-refractivity contribution is -0.781. The molecule has 1 rings (SSSR count). The van der Waals surface area contributed by atoms with Crippen LogP contribution in [0.2, 0.25) is 0 Å². The van der Waals surface area contributed by atoms with E-state index in [9.17, 15) is 10.1 Å². The largest absolute Gasteiger partial charge is 0.308 e. The molecule has 0 bridgehead atoms. The molecule has 0 unspecified atom stereocenters. The van der Waals surface area contributed by atoms with E-state index in [1.165, 1.54) is 6.42 Å². The Bertz CT molecular complexity index is 152. The molecule has 12 heavy (non-hydrogen) atoms. The average Bonchev–Trinajstić information content (AvgIpc) is 1.85. The molecule has 1 saturated carbocycles. The lowest BCUT2D eigenvalue weighted by Gasteiger charge is -2.30. The van der Waals surface area contributed by atoms with E-state index in [-0.39, 0.29) is 7.43 Å². The summed E-state index contributed by atoms with van der Waals surface area (Å²) in [4.78, 5) is 14.7. The maximum atomic E-state index is 10.1. The van der Waals surface area contributed by atoms with Crippen molar-refractivity contribution in [2.45, 2.75) is 52.1 Å². The van der Waals surface area contributed by atoms with Gasteiger partial charge in [0.15, 0.2) is 0 Å². The minimum absolute atomic E-state index is 0. The molecule has 0 aromatic heterocycles. The molecule has 0 amide bonds. The Morgan fingerprint density at radius 3 is 2.25 bits per heavy atom. The van der Waals surface area contributed by atoms with E-state index >= 15 is 0 Å². The number of rotatable bonds is 2. The first kappa shape index (κ1) is 11.2. The smallest absolute Gasteiger partial charge is 0.295 e. The molecule has 0 atom stereocenters. The van der Waals surface area contributed by atoms with Gasteiger partial charge in [-0.2, -0.15) is 0 Å². The van der Waals surface area contributed by atoms with Gasteiger partial charge in [-0.1, -0.05) is 26.7 Å².